The van der Waals surface area contributed by atoms with Crippen LogP contribution in [0.15, 0.2) is 36.4 Å². The molecule has 0 spiro atoms. The standard InChI is InChI=1S/C13H13N3O2/c1-8-5-6-11(12(15)17)13(16-8)18-10-4-2-3-9(14)7-10/h2-7H,14H2,1H3,(H2,15,17). The number of nitrogens with zero attached hydrogens (tertiary/aromatic N) is 1. The highest BCUT2D eigenvalue weighted by molar-refractivity contribution is 5.95. The molecule has 0 bridgehead atoms. The molecular formula is C13H13N3O2. The van der Waals surface area contributed by atoms with Gasteiger partial charge < -0.3 is 16.2 Å². The summed E-state index contributed by atoms with van der Waals surface area (Å²) < 4.78 is 5.54. The quantitative estimate of drug-likeness (QED) is 0.805. The highest BCUT2D eigenvalue weighted by Crippen LogP contribution is 2.24. The van der Waals surface area contributed by atoms with Crippen LogP contribution in [0.3, 0.4) is 0 Å². The molecule has 2 aromatic rings. The van der Waals surface area contributed by atoms with Crippen LogP contribution >= 0.6 is 0 Å². The molecule has 0 aliphatic rings. The van der Waals surface area contributed by atoms with Crippen LogP contribution in [0.5, 0.6) is 11.6 Å². The molecule has 0 radical (unpaired) electrons. The van der Waals surface area contributed by atoms with Crippen molar-refractivity contribution in [3.63, 3.8) is 0 Å². The predicted molar refractivity (Wildman–Crippen MR) is 68.4 cm³/mol. The zero-order valence-electron chi connectivity index (χ0n) is 9.88. The van der Waals surface area contributed by atoms with E-state index in [2.05, 4.69) is 4.98 Å². The SMILES string of the molecule is Cc1ccc(C(N)=O)c(Oc2cccc(N)c2)n1. The Labute approximate surface area is 104 Å². The van der Waals surface area contributed by atoms with Crippen molar-refractivity contribution in [1.29, 1.82) is 0 Å². The van der Waals surface area contributed by atoms with Crippen LogP contribution in [0.4, 0.5) is 5.69 Å². The lowest BCUT2D eigenvalue weighted by atomic mass is 10.2. The molecule has 1 amide bonds. The van der Waals surface area contributed by atoms with Crippen molar-refractivity contribution in [2.45, 2.75) is 6.92 Å². The second kappa shape index (κ2) is 4.75. The van der Waals surface area contributed by atoms with Gasteiger partial charge in [-0.15, -0.1) is 0 Å². The number of primary amides is 1. The largest absolute Gasteiger partial charge is 0.438 e. The van der Waals surface area contributed by atoms with E-state index in [9.17, 15) is 4.79 Å². The second-order valence-corrected chi connectivity index (χ2v) is 3.84. The molecule has 1 heterocycles. The normalized spacial score (nSPS) is 10.1. The van der Waals surface area contributed by atoms with Crippen molar-refractivity contribution in [2.24, 2.45) is 5.73 Å². The zero-order valence-corrected chi connectivity index (χ0v) is 9.88. The lowest BCUT2D eigenvalue weighted by Crippen LogP contribution is -2.13. The number of aromatic nitrogens is 1. The molecule has 5 heteroatoms. The first-order chi connectivity index (χ1) is 8.56. The predicted octanol–water partition coefficient (Wildman–Crippen LogP) is 1.86. The van der Waals surface area contributed by atoms with Crippen LogP contribution in [0.25, 0.3) is 0 Å². The molecule has 0 saturated carbocycles. The molecule has 2 rings (SSSR count). The topological polar surface area (TPSA) is 91.2 Å². The number of pyridine rings is 1. The van der Waals surface area contributed by atoms with Crippen LogP contribution in [-0.4, -0.2) is 10.9 Å². The summed E-state index contributed by atoms with van der Waals surface area (Å²) in [5.41, 5.74) is 12.5. The Hall–Kier alpha value is -2.56. The number of nitrogens with two attached hydrogens (primary N) is 2. The Morgan fingerprint density at radius 3 is 2.72 bits per heavy atom. The zero-order chi connectivity index (χ0) is 13.1. The van der Waals surface area contributed by atoms with Crippen LogP contribution < -0.4 is 16.2 Å². The maximum atomic E-state index is 11.3. The van der Waals surface area contributed by atoms with Gasteiger partial charge in [0.05, 0.1) is 0 Å². The summed E-state index contributed by atoms with van der Waals surface area (Å²) in [7, 11) is 0. The molecule has 18 heavy (non-hydrogen) atoms. The lowest BCUT2D eigenvalue weighted by Gasteiger charge is -2.09. The molecule has 1 aromatic carbocycles. The Balaban J connectivity index is 2.39. The first-order valence-electron chi connectivity index (χ1n) is 5.37. The van der Waals surface area contributed by atoms with E-state index in [1.54, 1.807) is 43.3 Å². The third-order valence-corrected chi connectivity index (χ3v) is 2.34. The monoisotopic (exact) mass is 243 g/mol. The summed E-state index contributed by atoms with van der Waals surface area (Å²) in [5, 5.41) is 0. The van der Waals surface area contributed by atoms with Gasteiger partial charge in [-0.2, -0.15) is 0 Å². The fourth-order valence-electron chi connectivity index (χ4n) is 1.49. The Kier molecular flexibility index (Phi) is 3.14. The van der Waals surface area contributed by atoms with Gasteiger partial charge in [0.1, 0.15) is 11.3 Å². The number of carbonyl (C=O) groups is 1. The van der Waals surface area contributed by atoms with E-state index in [0.29, 0.717) is 11.4 Å². The first-order valence-corrected chi connectivity index (χ1v) is 5.37. The number of hydrogen-bond acceptors (Lipinski definition) is 4. The van der Waals surface area contributed by atoms with Crippen molar-refractivity contribution < 1.29 is 9.53 Å². The van der Waals surface area contributed by atoms with Crippen molar-refractivity contribution in [1.82, 2.24) is 4.98 Å². The van der Waals surface area contributed by atoms with Crippen LogP contribution in [0, 0.1) is 6.92 Å². The van der Waals surface area contributed by atoms with Crippen molar-refractivity contribution in [2.75, 3.05) is 5.73 Å². The molecule has 0 aliphatic heterocycles. The molecule has 92 valence electrons. The fraction of sp³-hybridized carbons (Fsp3) is 0.0769. The van der Waals surface area contributed by atoms with E-state index in [1.807, 2.05) is 0 Å². The number of nitrogen functional groups attached to an aromatic ring is 1. The smallest absolute Gasteiger partial charge is 0.254 e. The van der Waals surface area contributed by atoms with Gasteiger partial charge in [-0.25, -0.2) is 4.98 Å². The van der Waals surface area contributed by atoms with E-state index >= 15 is 0 Å². The molecule has 0 aliphatic carbocycles. The van der Waals surface area contributed by atoms with Crippen molar-refractivity contribution >= 4 is 11.6 Å². The van der Waals surface area contributed by atoms with Gasteiger partial charge in [0, 0.05) is 17.4 Å². The van der Waals surface area contributed by atoms with E-state index in [0.717, 1.165) is 5.69 Å². The minimum Gasteiger partial charge on any atom is -0.438 e. The van der Waals surface area contributed by atoms with E-state index in [-0.39, 0.29) is 11.4 Å². The Morgan fingerprint density at radius 2 is 2.06 bits per heavy atom. The molecule has 5 nitrogen and oxygen atoms in total. The average Bonchev–Trinajstić information content (AvgIpc) is 2.28. The molecular weight excluding hydrogens is 230 g/mol. The van der Waals surface area contributed by atoms with Crippen LogP contribution in [0.1, 0.15) is 16.1 Å². The van der Waals surface area contributed by atoms with Gasteiger partial charge in [0.25, 0.3) is 5.91 Å². The van der Waals surface area contributed by atoms with Crippen molar-refractivity contribution in [3.05, 3.63) is 47.7 Å². The summed E-state index contributed by atoms with van der Waals surface area (Å²) in [6.07, 6.45) is 0. The van der Waals surface area contributed by atoms with Gasteiger partial charge in [0.15, 0.2) is 0 Å². The van der Waals surface area contributed by atoms with E-state index < -0.39 is 5.91 Å². The number of hydrogen-bond donors (Lipinski definition) is 2. The molecule has 0 atom stereocenters. The van der Waals surface area contributed by atoms with Gasteiger partial charge in [-0.05, 0) is 31.2 Å². The highest BCUT2D eigenvalue weighted by Gasteiger charge is 2.12. The molecule has 4 N–H and O–H groups in total. The van der Waals surface area contributed by atoms with E-state index in [4.69, 9.17) is 16.2 Å². The molecule has 0 saturated heterocycles. The lowest BCUT2D eigenvalue weighted by molar-refractivity contribution is 0.0997. The highest BCUT2D eigenvalue weighted by atomic mass is 16.5. The number of ether oxygens (including phenoxy) is 1. The maximum Gasteiger partial charge on any atom is 0.254 e. The summed E-state index contributed by atoms with van der Waals surface area (Å²) in [5.74, 6) is 0.116. The summed E-state index contributed by atoms with van der Waals surface area (Å²) in [6.45, 7) is 1.80. The van der Waals surface area contributed by atoms with Gasteiger partial charge in [0.2, 0.25) is 5.88 Å². The third kappa shape index (κ3) is 2.57. The van der Waals surface area contributed by atoms with Gasteiger partial charge >= 0.3 is 0 Å². The first kappa shape index (κ1) is 11.9. The number of amides is 1. The van der Waals surface area contributed by atoms with E-state index in [1.165, 1.54) is 0 Å². The van der Waals surface area contributed by atoms with Crippen molar-refractivity contribution in [3.8, 4) is 11.6 Å². The summed E-state index contributed by atoms with van der Waals surface area (Å²) >= 11 is 0. The van der Waals surface area contributed by atoms with Crippen LogP contribution in [-0.2, 0) is 0 Å². The van der Waals surface area contributed by atoms with Gasteiger partial charge in [-0.3, -0.25) is 4.79 Å². The summed E-state index contributed by atoms with van der Waals surface area (Å²) in [4.78, 5) is 15.4. The average molecular weight is 243 g/mol. The second-order valence-electron chi connectivity index (χ2n) is 3.84. The van der Waals surface area contributed by atoms with Gasteiger partial charge in [-0.1, -0.05) is 6.07 Å². The number of aryl methyl sites for hydroxylation is 1. The molecule has 1 aromatic heterocycles. The number of rotatable bonds is 3. The molecule has 0 fully saturated rings. The number of anilines is 1. The minimum atomic E-state index is -0.582. The fourth-order valence-corrected chi connectivity index (χ4v) is 1.49. The number of carbonyl (C=O) groups excluding carboxylic acids is 1. The molecule has 0 unspecified atom stereocenters. The third-order valence-electron chi connectivity index (χ3n) is 2.34. The minimum absolute atomic E-state index is 0.188. The summed E-state index contributed by atoms with van der Waals surface area (Å²) in [6, 6.07) is 10.2. The Bertz CT molecular complexity index is 597. The number of benzene rings is 1. The Morgan fingerprint density at radius 1 is 1.28 bits per heavy atom. The van der Waals surface area contributed by atoms with Crippen LogP contribution in [0.2, 0.25) is 0 Å². The maximum absolute atomic E-state index is 11.3.